The lowest BCUT2D eigenvalue weighted by Gasteiger charge is -2.05. The van der Waals surface area contributed by atoms with Gasteiger partial charge in [-0.1, -0.05) is 13.0 Å². The Bertz CT molecular complexity index is 518. The molecule has 2 rings (SSSR count). The molecule has 5 heteroatoms. The summed E-state index contributed by atoms with van der Waals surface area (Å²) in [7, 11) is 1.63. The normalized spacial score (nSPS) is 10.5. The molecule has 0 aliphatic rings. The van der Waals surface area contributed by atoms with Gasteiger partial charge in [0.25, 0.3) is 0 Å². The molecule has 4 nitrogen and oxygen atoms in total. The van der Waals surface area contributed by atoms with E-state index in [-0.39, 0.29) is 6.61 Å². The summed E-state index contributed by atoms with van der Waals surface area (Å²) in [6.07, 6.45) is 0.882. The van der Waals surface area contributed by atoms with E-state index in [4.69, 9.17) is 9.47 Å². The van der Waals surface area contributed by atoms with E-state index in [0.29, 0.717) is 6.61 Å². The first-order chi connectivity index (χ1) is 9.26. The summed E-state index contributed by atoms with van der Waals surface area (Å²) in [6, 6.07) is 7.47. The molecule has 0 fully saturated rings. The van der Waals surface area contributed by atoms with Crippen LogP contribution in [0.5, 0.6) is 11.5 Å². The number of hydrogen-bond donors (Lipinski definition) is 1. The molecule has 19 heavy (non-hydrogen) atoms. The number of benzene rings is 1. The number of thiazole rings is 1. The van der Waals surface area contributed by atoms with E-state index in [1.807, 2.05) is 24.3 Å². The first-order valence-corrected chi connectivity index (χ1v) is 6.93. The molecule has 1 aromatic heterocycles. The van der Waals surface area contributed by atoms with E-state index in [9.17, 15) is 5.11 Å². The van der Waals surface area contributed by atoms with Crippen LogP contribution < -0.4 is 9.47 Å². The minimum atomic E-state index is -0.0150. The third kappa shape index (κ3) is 3.45. The van der Waals surface area contributed by atoms with Crippen LogP contribution in [0.3, 0.4) is 0 Å². The lowest BCUT2D eigenvalue weighted by Crippen LogP contribution is -1.96. The summed E-state index contributed by atoms with van der Waals surface area (Å²) in [5, 5.41) is 10.1. The molecular formula is C14H17NO3S. The van der Waals surface area contributed by atoms with Gasteiger partial charge in [0.05, 0.1) is 19.4 Å². The Balaban J connectivity index is 2.03. The van der Waals surface area contributed by atoms with Gasteiger partial charge in [0, 0.05) is 10.9 Å². The second-order valence-corrected chi connectivity index (χ2v) is 5.12. The predicted molar refractivity (Wildman–Crippen MR) is 74.7 cm³/mol. The van der Waals surface area contributed by atoms with Crippen LogP contribution in [0.15, 0.2) is 24.3 Å². The Morgan fingerprint density at radius 2 is 2.11 bits per heavy atom. The van der Waals surface area contributed by atoms with Crippen LogP contribution in [0.1, 0.15) is 22.5 Å². The maximum Gasteiger partial charge on any atom is 0.140 e. The van der Waals surface area contributed by atoms with Crippen molar-refractivity contribution in [2.75, 3.05) is 7.11 Å². The summed E-state index contributed by atoms with van der Waals surface area (Å²) < 4.78 is 10.8. The number of aromatic nitrogens is 1. The number of ether oxygens (including phenoxy) is 2. The fourth-order valence-corrected chi connectivity index (χ4v) is 2.66. The SMILES string of the molecule is CCc1sc(COc2cccc(OC)c2)nc1CO. The fraction of sp³-hybridized carbons (Fsp3) is 0.357. The zero-order chi connectivity index (χ0) is 13.7. The first kappa shape index (κ1) is 13.8. The van der Waals surface area contributed by atoms with Gasteiger partial charge >= 0.3 is 0 Å². The smallest absolute Gasteiger partial charge is 0.140 e. The monoisotopic (exact) mass is 279 g/mol. The quantitative estimate of drug-likeness (QED) is 0.883. The van der Waals surface area contributed by atoms with Gasteiger partial charge in [-0.15, -0.1) is 11.3 Å². The maximum absolute atomic E-state index is 9.20. The molecule has 0 radical (unpaired) electrons. The van der Waals surface area contributed by atoms with Crippen molar-refractivity contribution in [1.29, 1.82) is 0 Å². The summed E-state index contributed by atoms with van der Waals surface area (Å²) >= 11 is 1.59. The highest BCUT2D eigenvalue weighted by Gasteiger charge is 2.09. The lowest BCUT2D eigenvalue weighted by molar-refractivity contribution is 0.274. The largest absolute Gasteiger partial charge is 0.497 e. The third-order valence-electron chi connectivity index (χ3n) is 2.70. The summed E-state index contributed by atoms with van der Waals surface area (Å²) in [6.45, 7) is 2.45. The summed E-state index contributed by atoms with van der Waals surface area (Å²) in [5.41, 5.74) is 0.761. The van der Waals surface area contributed by atoms with Gasteiger partial charge in [-0.25, -0.2) is 4.98 Å². The first-order valence-electron chi connectivity index (χ1n) is 6.12. The molecule has 0 spiro atoms. The van der Waals surface area contributed by atoms with Crippen molar-refractivity contribution in [3.05, 3.63) is 39.8 Å². The van der Waals surface area contributed by atoms with Crippen molar-refractivity contribution < 1.29 is 14.6 Å². The molecule has 2 aromatic rings. The predicted octanol–water partition coefficient (Wildman–Crippen LogP) is 2.79. The van der Waals surface area contributed by atoms with E-state index in [2.05, 4.69) is 11.9 Å². The van der Waals surface area contributed by atoms with Crippen LogP contribution in [0.4, 0.5) is 0 Å². The Hall–Kier alpha value is -1.59. The standard InChI is InChI=1S/C14H17NO3S/c1-3-13-12(8-16)15-14(19-13)9-18-11-6-4-5-10(7-11)17-2/h4-7,16H,3,8-9H2,1-2H3. The lowest BCUT2D eigenvalue weighted by atomic mass is 10.3. The van der Waals surface area contributed by atoms with Gasteiger partial charge in [0.2, 0.25) is 0 Å². The van der Waals surface area contributed by atoms with Crippen molar-refractivity contribution in [1.82, 2.24) is 4.98 Å². The summed E-state index contributed by atoms with van der Waals surface area (Å²) in [4.78, 5) is 5.49. The molecular weight excluding hydrogens is 262 g/mol. The van der Waals surface area contributed by atoms with E-state index >= 15 is 0 Å². The van der Waals surface area contributed by atoms with Gasteiger partial charge in [0.1, 0.15) is 23.1 Å². The maximum atomic E-state index is 9.20. The van der Waals surface area contributed by atoms with E-state index in [1.165, 1.54) is 0 Å². The van der Waals surface area contributed by atoms with Crippen molar-refractivity contribution in [3.8, 4) is 11.5 Å². The highest BCUT2D eigenvalue weighted by Crippen LogP contribution is 2.23. The van der Waals surface area contributed by atoms with E-state index < -0.39 is 0 Å². The minimum absolute atomic E-state index is 0.0150. The second kappa shape index (κ2) is 6.54. The molecule has 102 valence electrons. The van der Waals surface area contributed by atoms with Crippen molar-refractivity contribution in [2.24, 2.45) is 0 Å². The molecule has 0 aliphatic carbocycles. The summed E-state index contributed by atoms with van der Waals surface area (Å²) in [5.74, 6) is 1.51. The van der Waals surface area contributed by atoms with Crippen molar-refractivity contribution >= 4 is 11.3 Å². The number of rotatable bonds is 6. The molecule has 1 heterocycles. The van der Waals surface area contributed by atoms with Gasteiger partial charge in [0.15, 0.2) is 0 Å². The van der Waals surface area contributed by atoms with Crippen LogP contribution in [0, 0.1) is 0 Å². The molecule has 0 saturated carbocycles. The molecule has 0 saturated heterocycles. The highest BCUT2D eigenvalue weighted by molar-refractivity contribution is 7.11. The van der Waals surface area contributed by atoms with E-state index in [0.717, 1.165) is 33.5 Å². The number of methoxy groups -OCH3 is 1. The van der Waals surface area contributed by atoms with Crippen LogP contribution in [0.2, 0.25) is 0 Å². The molecule has 1 aromatic carbocycles. The molecule has 0 aliphatic heterocycles. The van der Waals surface area contributed by atoms with Crippen LogP contribution in [0.25, 0.3) is 0 Å². The van der Waals surface area contributed by atoms with Gasteiger partial charge in [-0.2, -0.15) is 0 Å². The molecule has 1 N–H and O–H groups in total. The molecule has 0 atom stereocenters. The highest BCUT2D eigenvalue weighted by atomic mass is 32.1. The molecule has 0 amide bonds. The Labute approximate surface area is 116 Å². The van der Waals surface area contributed by atoms with E-state index in [1.54, 1.807) is 18.4 Å². The molecule has 0 bridgehead atoms. The number of aryl methyl sites for hydroxylation is 1. The topological polar surface area (TPSA) is 51.6 Å². The van der Waals surface area contributed by atoms with Gasteiger partial charge in [-0.05, 0) is 18.6 Å². The van der Waals surface area contributed by atoms with Crippen LogP contribution in [-0.2, 0) is 19.6 Å². The zero-order valence-electron chi connectivity index (χ0n) is 11.0. The fourth-order valence-electron chi connectivity index (χ4n) is 1.73. The Kier molecular flexibility index (Phi) is 4.76. The third-order valence-corrected chi connectivity index (χ3v) is 3.91. The molecule has 0 unspecified atom stereocenters. The number of aliphatic hydroxyl groups is 1. The Morgan fingerprint density at radius 3 is 2.74 bits per heavy atom. The van der Waals surface area contributed by atoms with Crippen molar-refractivity contribution in [2.45, 2.75) is 26.6 Å². The van der Waals surface area contributed by atoms with Crippen LogP contribution in [-0.4, -0.2) is 17.2 Å². The number of hydrogen-bond acceptors (Lipinski definition) is 5. The van der Waals surface area contributed by atoms with Crippen molar-refractivity contribution in [3.63, 3.8) is 0 Å². The Morgan fingerprint density at radius 1 is 1.32 bits per heavy atom. The average Bonchev–Trinajstić information content (AvgIpc) is 2.87. The minimum Gasteiger partial charge on any atom is -0.497 e. The second-order valence-electron chi connectivity index (χ2n) is 3.96. The average molecular weight is 279 g/mol. The van der Waals surface area contributed by atoms with Gasteiger partial charge < -0.3 is 14.6 Å². The number of aliphatic hydroxyl groups excluding tert-OH is 1. The zero-order valence-corrected chi connectivity index (χ0v) is 11.9. The number of nitrogens with zero attached hydrogens (tertiary/aromatic N) is 1. The van der Waals surface area contributed by atoms with Gasteiger partial charge in [-0.3, -0.25) is 0 Å². The van der Waals surface area contributed by atoms with Crippen LogP contribution >= 0.6 is 11.3 Å².